The van der Waals surface area contributed by atoms with E-state index in [9.17, 15) is 18.5 Å². The molecule has 1 fully saturated rings. The zero-order valence-electron chi connectivity index (χ0n) is 13.4. The highest BCUT2D eigenvalue weighted by Gasteiger charge is 2.30. The standard InChI is InChI=1S/C14H19Cl2N3O4S/c1-3-24(22,23)17(2)10-4-6-18(7-5-10)14-12(15)8-11(19(20)21)9-13(14)16/h8-10H,3-7H2,1-2H3. The second-order valence-electron chi connectivity index (χ2n) is 5.65. The van der Waals surface area contributed by atoms with E-state index < -0.39 is 14.9 Å². The molecule has 0 atom stereocenters. The maximum atomic E-state index is 12.0. The van der Waals surface area contributed by atoms with Crippen molar-refractivity contribution in [2.75, 3.05) is 30.8 Å². The summed E-state index contributed by atoms with van der Waals surface area (Å²) in [5.74, 6) is 0.0731. The molecule has 1 aromatic carbocycles. The molecule has 24 heavy (non-hydrogen) atoms. The third kappa shape index (κ3) is 3.93. The molecular weight excluding hydrogens is 377 g/mol. The fourth-order valence-corrected chi connectivity index (χ4v) is 4.63. The lowest BCUT2D eigenvalue weighted by Crippen LogP contribution is -2.46. The van der Waals surface area contributed by atoms with Gasteiger partial charge < -0.3 is 4.90 Å². The van der Waals surface area contributed by atoms with Crippen molar-refractivity contribution in [3.63, 3.8) is 0 Å². The van der Waals surface area contributed by atoms with E-state index in [1.807, 2.05) is 4.90 Å². The van der Waals surface area contributed by atoms with Crippen molar-refractivity contribution in [2.45, 2.75) is 25.8 Å². The molecule has 0 saturated carbocycles. The molecule has 1 aliphatic heterocycles. The fourth-order valence-electron chi connectivity index (χ4n) is 2.84. The molecule has 2 rings (SSSR count). The van der Waals surface area contributed by atoms with Gasteiger partial charge in [-0.3, -0.25) is 10.1 Å². The number of halogens is 2. The average molecular weight is 396 g/mol. The van der Waals surface area contributed by atoms with Gasteiger partial charge in [0, 0.05) is 38.3 Å². The van der Waals surface area contributed by atoms with Crippen LogP contribution in [0.2, 0.25) is 10.0 Å². The van der Waals surface area contributed by atoms with Crippen molar-refractivity contribution in [3.8, 4) is 0 Å². The Labute approximate surface area is 151 Å². The van der Waals surface area contributed by atoms with Crippen molar-refractivity contribution in [3.05, 3.63) is 32.3 Å². The predicted molar refractivity (Wildman–Crippen MR) is 95.6 cm³/mol. The monoisotopic (exact) mass is 395 g/mol. The van der Waals surface area contributed by atoms with Crippen LogP contribution in [-0.2, 0) is 10.0 Å². The highest BCUT2D eigenvalue weighted by molar-refractivity contribution is 7.89. The summed E-state index contributed by atoms with van der Waals surface area (Å²) in [5, 5.41) is 11.3. The van der Waals surface area contributed by atoms with Crippen molar-refractivity contribution in [2.24, 2.45) is 0 Å². The van der Waals surface area contributed by atoms with Crippen LogP contribution >= 0.6 is 23.2 Å². The SMILES string of the molecule is CCS(=O)(=O)N(C)C1CCN(c2c(Cl)cc([N+](=O)[O-])cc2Cl)CC1. The van der Waals surface area contributed by atoms with Gasteiger partial charge in [-0.2, -0.15) is 0 Å². The van der Waals surface area contributed by atoms with E-state index in [-0.39, 0.29) is 27.5 Å². The number of non-ortho nitro benzene ring substituents is 1. The molecule has 0 unspecified atom stereocenters. The summed E-state index contributed by atoms with van der Waals surface area (Å²) in [4.78, 5) is 12.2. The summed E-state index contributed by atoms with van der Waals surface area (Å²) in [7, 11) is -1.62. The van der Waals surface area contributed by atoms with Crippen LogP contribution in [0.1, 0.15) is 19.8 Å². The van der Waals surface area contributed by atoms with Crippen LogP contribution in [0.15, 0.2) is 12.1 Å². The van der Waals surface area contributed by atoms with Gasteiger partial charge in [0.1, 0.15) is 0 Å². The van der Waals surface area contributed by atoms with E-state index in [0.717, 1.165) is 0 Å². The number of sulfonamides is 1. The first-order chi connectivity index (χ1) is 11.2. The first-order valence-electron chi connectivity index (χ1n) is 7.51. The lowest BCUT2D eigenvalue weighted by molar-refractivity contribution is -0.384. The van der Waals surface area contributed by atoms with E-state index in [2.05, 4.69) is 0 Å². The molecule has 0 spiro atoms. The highest BCUT2D eigenvalue weighted by Crippen LogP contribution is 2.38. The maximum absolute atomic E-state index is 12.0. The lowest BCUT2D eigenvalue weighted by atomic mass is 10.0. The summed E-state index contributed by atoms with van der Waals surface area (Å²) >= 11 is 12.3. The van der Waals surface area contributed by atoms with Gasteiger partial charge in [-0.1, -0.05) is 23.2 Å². The average Bonchev–Trinajstić information content (AvgIpc) is 2.54. The molecule has 134 valence electrons. The minimum Gasteiger partial charge on any atom is -0.369 e. The van der Waals surface area contributed by atoms with Gasteiger partial charge in [0.15, 0.2) is 0 Å². The largest absolute Gasteiger partial charge is 0.369 e. The molecule has 7 nitrogen and oxygen atoms in total. The molecule has 1 heterocycles. The van der Waals surface area contributed by atoms with Crippen LogP contribution in [0, 0.1) is 10.1 Å². The summed E-state index contributed by atoms with van der Waals surface area (Å²) in [6.07, 6.45) is 1.28. The number of nitro groups is 1. The summed E-state index contributed by atoms with van der Waals surface area (Å²) in [6.45, 7) is 2.77. The second-order valence-corrected chi connectivity index (χ2v) is 8.78. The van der Waals surface area contributed by atoms with Gasteiger partial charge in [0.2, 0.25) is 10.0 Å². The summed E-state index contributed by atoms with van der Waals surface area (Å²) < 4.78 is 25.4. The van der Waals surface area contributed by atoms with Crippen molar-refractivity contribution in [1.82, 2.24) is 4.31 Å². The number of hydrogen-bond acceptors (Lipinski definition) is 5. The third-order valence-electron chi connectivity index (χ3n) is 4.31. The topological polar surface area (TPSA) is 83.8 Å². The minimum atomic E-state index is -3.22. The smallest absolute Gasteiger partial charge is 0.272 e. The minimum absolute atomic E-state index is 0.0678. The third-order valence-corrected chi connectivity index (χ3v) is 6.79. The molecule has 1 saturated heterocycles. The van der Waals surface area contributed by atoms with Crippen LogP contribution in [0.5, 0.6) is 0 Å². The molecule has 0 N–H and O–H groups in total. The van der Waals surface area contributed by atoms with Crippen molar-refractivity contribution < 1.29 is 13.3 Å². The summed E-state index contributed by atoms with van der Waals surface area (Å²) in [6, 6.07) is 2.49. The van der Waals surface area contributed by atoms with E-state index in [4.69, 9.17) is 23.2 Å². The Kier molecular flexibility index (Phi) is 5.95. The predicted octanol–water partition coefficient (Wildman–Crippen LogP) is 3.15. The number of piperidine rings is 1. The van der Waals surface area contributed by atoms with Crippen molar-refractivity contribution >= 4 is 44.6 Å². The van der Waals surface area contributed by atoms with Gasteiger partial charge in [-0.25, -0.2) is 12.7 Å². The van der Waals surface area contributed by atoms with Gasteiger partial charge in [0.25, 0.3) is 5.69 Å². The van der Waals surface area contributed by atoms with Crippen LogP contribution in [0.25, 0.3) is 0 Å². The Bertz CT molecular complexity index is 711. The van der Waals surface area contributed by atoms with Gasteiger partial charge in [0.05, 0.1) is 26.4 Å². The van der Waals surface area contributed by atoms with E-state index >= 15 is 0 Å². The molecule has 0 bridgehead atoms. The Balaban J connectivity index is 2.14. The van der Waals surface area contributed by atoms with Gasteiger partial charge in [-0.05, 0) is 19.8 Å². The van der Waals surface area contributed by atoms with E-state index in [1.165, 1.54) is 16.4 Å². The molecule has 0 amide bonds. The Morgan fingerprint density at radius 2 is 1.79 bits per heavy atom. The number of benzene rings is 1. The van der Waals surface area contributed by atoms with Gasteiger partial charge >= 0.3 is 0 Å². The number of nitrogens with zero attached hydrogens (tertiary/aromatic N) is 3. The van der Waals surface area contributed by atoms with Crippen molar-refractivity contribution in [1.29, 1.82) is 0 Å². The number of anilines is 1. The molecule has 10 heteroatoms. The fraction of sp³-hybridized carbons (Fsp3) is 0.571. The van der Waals surface area contributed by atoms with Crippen LogP contribution in [0.4, 0.5) is 11.4 Å². The highest BCUT2D eigenvalue weighted by atomic mass is 35.5. The molecule has 1 aliphatic rings. The van der Waals surface area contributed by atoms with Crippen LogP contribution in [-0.4, -0.2) is 49.6 Å². The van der Waals surface area contributed by atoms with E-state index in [0.29, 0.717) is 31.6 Å². The zero-order valence-corrected chi connectivity index (χ0v) is 15.7. The van der Waals surface area contributed by atoms with Gasteiger partial charge in [-0.15, -0.1) is 0 Å². The molecular formula is C14H19Cl2N3O4S. The number of hydrogen-bond donors (Lipinski definition) is 0. The van der Waals surface area contributed by atoms with E-state index in [1.54, 1.807) is 14.0 Å². The van der Waals surface area contributed by atoms with Crippen LogP contribution in [0.3, 0.4) is 0 Å². The molecule has 0 aliphatic carbocycles. The normalized spacial score (nSPS) is 16.6. The summed E-state index contributed by atoms with van der Waals surface area (Å²) in [5.41, 5.74) is 0.404. The first-order valence-corrected chi connectivity index (χ1v) is 9.88. The maximum Gasteiger partial charge on any atom is 0.272 e. The number of nitro benzene ring substituents is 1. The Morgan fingerprint density at radius 1 is 1.29 bits per heavy atom. The molecule has 1 aromatic rings. The van der Waals surface area contributed by atoms with Crippen LogP contribution < -0.4 is 4.90 Å². The molecule has 0 aromatic heterocycles. The lowest BCUT2D eigenvalue weighted by Gasteiger charge is -2.37. The zero-order chi connectivity index (χ0) is 18.1. The first kappa shape index (κ1) is 19.2. The quantitative estimate of drug-likeness (QED) is 0.564. The Morgan fingerprint density at radius 3 is 2.21 bits per heavy atom. The Hall–Kier alpha value is -1.09. The number of rotatable bonds is 5. The molecule has 0 radical (unpaired) electrons. The second kappa shape index (κ2) is 7.43.